The largest absolute Gasteiger partial charge is 0.484 e. The van der Waals surface area contributed by atoms with Gasteiger partial charge >= 0.3 is 0 Å². The van der Waals surface area contributed by atoms with E-state index in [1.807, 2.05) is 6.07 Å². The van der Waals surface area contributed by atoms with Crippen molar-refractivity contribution < 1.29 is 19.1 Å². The molecule has 2 aromatic rings. The van der Waals surface area contributed by atoms with E-state index in [0.717, 1.165) is 0 Å². The predicted molar refractivity (Wildman–Crippen MR) is 97.0 cm³/mol. The number of para-hydroxylation sites is 1. The quantitative estimate of drug-likeness (QED) is 0.651. The monoisotopic (exact) mass is 395 g/mol. The summed E-state index contributed by atoms with van der Waals surface area (Å²) in [6.07, 6.45) is 0. The minimum Gasteiger partial charge on any atom is -0.484 e. The highest BCUT2D eigenvalue weighted by Gasteiger charge is 2.12. The molecule has 26 heavy (non-hydrogen) atoms. The summed E-state index contributed by atoms with van der Waals surface area (Å²) in [6, 6.07) is 13.1. The van der Waals surface area contributed by atoms with Crippen LogP contribution < -0.4 is 20.9 Å². The first kappa shape index (κ1) is 19.6. The van der Waals surface area contributed by atoms with Gasteiger partial charge in [-0.15, -0.1) is 0 Å². The van der Waals surface area contributed by atoms with E-state index in [9.17, 15) is 14.4 Å². The second kappa shape index (κ2) is 9.65. The summed E-state index contributed by atoms with van der Waals surface area (Å²) >= 11 is 11.7. The number of hydrogen-bond donors (Lipinski definition) is 3. The Hall–Kier alpha value is -2.77. The third kappa shape index (κ3) is 6.27. The summed E-state index contributed by atoms with van der Waals surface area (Å²) < 4.78 is 5.24. The number of halogens is 2. The zero-order chi connectivity index (χ0) is 18.9. The van der Waals surface area contributed by atoms with Crippen LogP contribution in [0.1, 0.15) is 10.4 Å². The molecule has 0 saturated heterocycles. The number of carbonyl (C=O) groups is 3. The van der Waals surface area contributed by atoms with Gasteiger partial charge in [0.25, 0.3) is 17.7 Å². The molecule has 2 rings (SSSR count). The van der Waals surface area contributed by atoms with Crippen LogP contribution in [-0.4, -0.2) is 30.9 Å². The summed E-state index contributed by atoms with van der Waals surface area (Å²) in [5.41, 5.74) is 4.46. The second-order valence-electron chi connectivity index (χ2n) is 5.00. The Bertz CT molecular complexity index is 800. The standard InChI is InChI=1S/C17H15Cl2N3O4/c18-11-6-7-14(19)13(8-11)17(25)22-21-15(23)9-20-16(24)10-26-12-4-2-1-3-5-12/h1-8H,9-10H2,(H,20,24)(H,21,23)(H,22,25). The molecule has 7 nitrogen and oxygen atoms in total. The number of hydrogen-bond acceptors (Lipinski definition) is 4. The number of carbonyl (C=O) groups excluding carboxylic acids is 3. The van der Waals surface area contributed by atoms with Gasteiger partial charge in [-0.25, -0.2) is 0 Å². The minimum absolute atomic E-state index is 0.111. The molecule has 2 aromatic carbocycles. The molecule has 3 amide bonds. The average Bonchev–Trinajstić information content (AvgIpc) is 2.65. The highest BCUT2D eigenvalue weighted by atomic mass is 35.5. The zero-order valence-electron chi connectivity index (χ0n) is 13.4. The fourth-order valence-electron chi connectivity index (χ4n) is 1.81. The lowest BCUT2D eigenvalue weighted by molar-refractivity contribution is -0.127. The van der Waals surface area contributed by atoms with Gasteiger partial charge in [-0.2, -0.15) is 0 Å². The molecule has 0 radical (unpaired) electrons. The lowest BCUT2D eigenvalue weighted by Crippen LogP contribution is -2.47. The van der Waals surface area contributed by atoms with Crippen LogP contribution in [0, 0.1) is 0 Å². The molecule has 0 bridgehead atoms. The van der Waals surface area contributed by atoms with E-state index in [1.165, 1.54) is 18.2 Å². The Morgan fingerprint density at radius 1 is 0.923 bits per heavy atom. The van der Waals surface area contributed by atoms with Crippen molar-refractivity contribution in [2.75, 3.05) is 13.2 Å². The molecule has 3 N–H and O–H groups in total. The molecule has 0 heterocycles. The molecule has 0 aliphatic heterocycles. The van der Waals surface area contributed by atoms with Gasteiger partial charge < -0.3 is 10.1 Å². The minimum atomic E-state index is -0.635. The Morgan fingerprint density at radius 3 is 2.38 bits per heavy atom. The van der Waals surface area contributed by atoms with E-state index >= 15 is 0 Å². The average molecular weight is 396 g/mol. The van der Waals surface area contributed by atoms with Gasteiger partial charge in [0.2, 0.25) is 0 Å². The van der Waals surface area contributed by atoms with Crippen LogP contribution in [0.15, 0.2) is 48.5 Å². The van der Waals surface area contributed by atoms with E-state index < -0.39 is 17.7 Å². The third-order valence-corrected chi connectivity index (χ3v) is 3.61. The van der Waals surface area contributed by atoms with Crippen molar-refractivity contribution in [1.29, 1.82) is 0 Å². The van der Waals surface area contributed by atoms with Gasteiger partial charge in [0.05, 0.1) is 17.1 Å². The number of rotatable bonds is 6. The molecule has 0 fully saturated rings. The Balaban J connectivity index is 1.70. The fourth-order valence-corrected chi connectivity index (χ4v) is 2.18. The van der Waals surface area contributed by atoms with Crippen LogP contribution >= 0.6 is 23.2 Å². The lowest BCUT2D eigenvalue weighted by atomic mass is 10.2. The maximum absolute atomic E-state index is 11.9. The van der Waals surface area contributed by atoms with Crippen LogP contribution in [0.25, 0.3) is 0 Å². The highest BCUT2D eigenvalue weighted by molar-refractivity contribution is 6.35. The fraction of sp³-hybridized carbons (Fsp3) is 0.118. The van der Waals surface area contributed by atoms with Gasteiger partial charge in [-0.3, -0.25) is 25.2 Å². The second-order valence-corrected chi connectivity index (χ2v) is 5.85. The van der Waals surface area contributed by atoms with Crippen LogP contribution in [0.4, 0.5) is 0 Å². The van der Waals surface area contributed by atoms with Crippen molar-refractivity contribution in [2.24, 2.45) is 0 Å². The topological polar surface area (TPSA) is 96.5 Å². The van der Waals surface area contributed by atoms with E-state index in [2.05, 4.69) is 16.2 Å². The Labute approximate surface area is 159 Å². The van der Waals surface area contributed by atoms with Crippen molar-refractivity contribution in [1.82, 2.24) is 16.2 Å². The van der Waals surface area contributed by atoms with Crippen LogP contribution in [0.5, 0.6) is 5.75 Å². The first-order valence-electron chi connectivity index (χ1n) is 7.44. The molecule has 0 spiro atoms. The van der Waals surface area contributed by atoms with Crippen molar-refractivity contribution in [3.05, 3.63) is 64.1 Å². The van der Waals surface area contributed by atoms with Crippen molar-refractivity contribution >= 4 is 40.9 Å². The van der Waals surface area contributed by atoms with E-state index in [0.29, 0.717) is 10.8 Å². The lowest BCUT2D eigenvalue weighted by Gasteiger charge is -2.10. The predicted octanol–water partition coefficient (Wildman–Crippen LogP) is 1.95. The summed E-state index contributed by atoms with van der Waals surface area (Å²) in [4.78, 5) is 35.2. The SMILES string of the molecule is O=C(COc1ccccc1)NCC(=O)NNC(=O)c1cc(Cl)ccc1Cl. The summed E-state index contributed by atoms with van der Waals surface area (Å²) in [7, 11) is 0. The molecular weight excluding hydrogens is 381 g/mol. The van der Waals surface area contributed by atoms with Crippen LogP contribution in [-0.2, 0) is 9.59 Å². The summed E-state index contributed by atoms with van der Waals surface area (Å²) in [5.74, 6) is -1.19. The molecule has 0 atom stereocenters. The summed E-state index contributed by atoms with van der Waals surface area (Å²) in [6.45, 7) is -0.567. The zero-order valence-corrected chi connectivity index (χ0v) is 14.9. The molecule has 0 unspecified atom stereocenters. The van der Waals surface area contributed by atoms with Crippen LogP contribution in [0.2, 0.25) is 10.0 Å². The van der Waals surface area contributed by atoms with Gasteiger partial charge in [0.15, 0.2) is 6.61 Å². The molecular formula is C17H15Cl2N3O4. The third-order valence-electron chi connectivity index (χ3n) is 3.05. The molecule has 136 valence electrons. The van der Waals surface area contributed by atoms with Crippen molar-refractivity contribution in [2.45, 2.75) is 0 Å². The van der Waals surface area contributed by atoms with Gasteiger partial charge in [-0.05, 0) is 30.3 Å². The van der Waals surface area contributed by atoms with Crippen molar-refractivity contribution in [3.63, 3.8) is 0 Å². The first-order valence-corrected chi connectivity index (χ1v) is 8.20. The maximum Gasteiger partial charge on any atom is 0.271 e. The normalized spacial score (nSPS) is 9.92. The van der Waals surface area contributed by atoms with Gasteiger partial charge in [-0.1, -0.05) is 41.4 Å². The van der Waals surface area contributed by atoms with E-state index in [-0.39, 0.29) is 23.7 Å². The molecule has 9 heteroatoms. The van der Waals surface area contributed by atoms with E-state index in [1.54, 1.807) is 24.3 Å². The highest BCUT2D eigenvalue weighted by Crippen LogP contribution is 2.20. The van der Waals surface area contributed by atoms with Crippen LogP contribution in [0.3, 0.4) is 0 Å². The van der Waals surface area contributed by atoms with E-state index in [4.69, 9.17) is 27.9 Å². The molecule has 0 aromatic heterocycles. The number of amides is 3. The van der Waals surface area contributed by atoms with Gasteiger partial charge in [0, 0.05) is 5.02 Å². The smallest absolute Gasteiger partial charge is 0.271 e. The Morgan fingerprint density at radius 2 is 1.65 bits per heavy atom. The Kier molecular flexibility index (Phi) is 7.25. The molecule has 0 saturated carbocycles. The molecule has 0 aliphatic rings. The summed E-state index contributed by atoms with van der Waals surface area (Å²) in [5, 5.41) is 2.88. The first-order chi connectivity index (χ1) is 12.5. The number of benzene rings is 2. The number of ether oxygens (including phenoxy) is 1. The number of nitrogens with one attached hydrogen (secondary N) is 3. The van der Waals surface area contributed by atoms with Crippen molar-refractivity contribution in [3.8, 4) is 5.75 Å². The number of hydrazine groups is 1. The van der Waals surface area contributed by atoms with Gasteiger partial charge in [0.1, 0.15) is 5.75 Å². The molecule has 0 aliphatic carbocycles. The maximum atomic E-state index is 11.9.